The highest BCUT2D eigenvalue weighted by molar-refractivity contribution is 7.89. The number of benzene rings is 1. The fourth-order valence-electron chi connectivity index (χ4n) is 5.24. The summed E-state index contributed by atoms with van der Waals surface area (Å²) in [5, 5.41) is 6.77. The molecular formula is C22H25F3N6O4S. The van der Waals surface area contributed by atoms with Crippen molar-refractivity contribution in [2.75, 3.05) is 22.5 Å². The molecule has 1 aromatic carbocycles. The Labute approximate surface area is 205 Å². The molecule has 3 atom stereocenters. The third-order valence-electron chi connectivity index (χ3n) is 7.07. The predicted octanol–water partition coefficient (Wildman–Crippen LogP) is 2.27. The monoisotopic (exact) mass is 526 g/mol. The summed E-state index contributed by atoms with van der Waals surface area (Å²) in [5.41, 5.74) is 0.844. The molecule has 2 unspecified atom stereocenters. The van der Waals surface area contributed by atoms with Crippen molar-refractivity contribution in [2.24, 2.45) is 0 Å². The van der Waals surface area contributed by atoms with Crippen molar-refractivity contribution >= 4 is 33.3 Å². The van der Waals surface area contributed by atoms with E-state index in [4.69, 9.17) is 0 Å². The zero-order valence-corrected chi connectivity index (χ0v) is 20.4. The number of piperazine rings is 1. The Morgan fingerprint density at radius 2 is 1.86 bits per heavy atom. The molecule has 0 aliphatic carbocycles. The van der Waals surface area contributed by atoms with E-state index in [1.165, 1.54) is 15.4 Å². The Bertz CT molecular complexity index is 1330. The highest BCUT2D eigenvalue weighted by Gasteiger charge is 2.51. The maximum Gasteiger partial charge on any atom is 0.322 e. The predicted molar refractivity (Wildman–Crippen MR) is 123 cm³/mol. The number of amides is 3. The van der Waals surface area contributed by atoms with E-state index in [-0.39, 0.29) is 42.5 Å². The molecule has 4 heterocycles. The number of rotatable bonds is 4. The number of carbonyl (C=O) groups is 2. The third-order valence-corrected chi connectivity index (χ3v) is 9.00. The van der Waals surface area contributed by atoms with Gasteiger partial charge in [-0.1, -0.05) is 0 Å². The minimum Gasteiger partial charge on any atom is -0.314 e. The lowest BCUT2D eigenvalue weighted by Crippen LogP contribution is -2.59. The molecule has 194 valence electrons. The van der Waals surface area contributed by atoms with E-state index in [0.29, 0.717) is 42.9 Å². The summed E-state index contributed by atoms with van der Waals surface area (Å²) >= 11 is 0. The van der Waals surface area contributed by atoms with E-state index >= 15 is 0 Å². The first kappa shape index (κ1) is 24.6. The standard InChI is InChI=1S/C22H25F3N6O4S/c1-3-36(34,35)31-14-4-5-17(31)21(32)29(10-14)18-8-26-30-9-12(2)28(11-19(18)30)22(33)27-13-6-15(23)20(25)16(24)7-13/h6-8,12,14,17H,3-5,9-11H2,1-2H3,(H,27,33)/t12-,14?,17?/m0/s1. The lowest BCUT2D eigenvalue weighted by molar-refractivity contribution is -0.123. The minimum atomic E-state index is -3.54. The summed E-state index contributed by atoms with van der Waals surface area (Å²) in [7, 11) is -3.54. The molecule has 1 N–H and O–H groups in total. The maximum absolute atomic E-state index is 13.6. The molecule has 3 aliphatic rings. The molecule has 36 heavy (non-hydrogen) atoms. The molecule has 5 rings (SSSR count). The summed E-state index contributed by atoms with van der Waals surface area (Å²) in [6, 6.07) is -0.721. The Kier molecular flexibility index (Phi) is 5.98. The van der Waals surface area contributed by atoms with E-state index in [9.17, 15) is 31.2 Å². The van der Waals surface area contributed by atoms with Gasteiger partial charge in [0.1, 0.15) is 6.04 Å². The molecule has 10 nitrogen and oxygen atoms in total. The van der Waals surface area contributed by atoms with Gasteiger partial charge in [-0.25, -0.2) is 26.4 Å². The highest BCUT2D eigenvalue weighted by atomic mass is 32.2. The second kappa shape index (κ2) is 8.76. The second-order valence-corrected chi connectivity index (χ2v) is 11.4. The average Bonchev–Trinajstić information content (AvgIpc) is 3.40. The number of carbonyl (C=O) groups excluding carboxylic acids is 2. The maximum atomic E-state index is 13.6. The molecule has 14 heteroatoms. The van der Waals surface area contributed by atoms with Crippen molar-refractivity contribution in [3.05, 3.63) is 41.5 Å². The molecule has 0 radical (unpaired) electrons. The topological polar surface area (TPSA) is 108 Å². The molecule has 2 saturated heterocycles. The number of hydrogen-bond acceptors (Lipinski definition) is 5. The van der Waals surface area contributed by atoms with Crippen molar-refractivity contribution in [3.63, 3.8) is 0 Å². The lowest BCUT2D eigenvalue weighted by Gasteiger charge is -2.40. The number of urea groups is 1. The van der Waals surface area contributed by atoms with Crippen molar-refractivity contribution in [1.29, 1.82) is 0 Å². The third kappa shape index (κ3) is 3.92. The van der Waals surface area contributed by atoms with Crippen LogP contribution in [0.1, 0.15) is 32.4 Å². The van der Waals surface area contributed by atoms with Crippen LogP contribution in [0.4, 0.5) is 29.3 Å². The minimum absolute atomic E-state index is 0.0462. The van der Waals surface area contributed by atoms with Crippen LogP contribution < -0.4 is 10.2 Å². The smallest absolute Gasteiger partial charge is 0.314 e. The van der Waals surface area contributed by atoms with Gasteiger partial charge in [0.15, 0.2) is 17.5 Å². The van der Waals surface area contributed by atoms with E-state index in [1.54, 1.807) is 23.4 Å². The van der Waals surface area contributed by atoms with Crippen molar-refractivity contribution in [2.45, 2.75) is 57.9 Å². The van der Waals surface area contributed by atoms with Gasteiger partial charge in [-0.2, -0.15) is 9.40 Å². The summed E-state index contributed by atoms with van der Waals surface area (Å²) < 4.78 is 68.6. The summed E-state index contributed by atoms with van der Waals surface area (Å²) in [4.78, 5) is 29.3. The van der Waals surface area contributed by atoms with Crippen LogP contribution in [0.2, 0.25) is 0 Å². The van der Waals surface area contributed by atoms with Crippen molar-refractivity contribution in [1.82, 2.24) is 19.0 Å². The summed E-state index contributed by atoms with van der Waals surface area (Å²) in [5.74, 6) is -4.88. The average molecular weight is 527 g/mol. The number of hydrogen-bond donors (Lipinski definition) is 1. The molecule has 2 aromatic rings. The number of aromatic nitrogens is 2. The zero-order chi connectivity index (χ0) is 25.9. The van der Waals surface area contributed by atoms with E-state index in [1.807, 2.05) is 0 Å². The largest absolute Gasteiger partial charge is 0.322 e. The van der Waals surface area contributed by atoms with Gasteiger partial charge in [-0.15, -0.1) is 0 Å². The molecule has 0 spiro atoms. The van der Waals surface area contributed by atoms with Crippen LogP contribution in [0.15, 0.2) is 18.3 Å². The fraction of sp³-hybridized carbons (Fsp3) is 0.500. The van der Waals surface area contributed by atoms with Crippen LogP contribution in [-0.2, 0) is 27.9 Å². The van der Waals surface area contributed by atoms with E-state index < -0.39 is 39.5 Å². The zero-order valence-electron chi connectivity index (χ0n) is 19.6. The number of anilines is 2. The second-order valence-electron chi connectivity index (χ2n) is 9.25. The van der Waals surface area contributed by atoms with Crippen molar-refractivity contribution < 1.29 is 31.2 Å². The molecule has 1 aromatic heterocycles. The highest BCUT2D eigenvalue weighted by Crippen LogP contribution is 2.38. The molecule has 2 fully saturated rings. The number of nitrogens with zero attached hydrogens (tertiary/aromatic N) is 5. The van der Waals surface area contributed by atoms with Crippen LogP contribution in [0.3, 0.4) is 0 Å². The van der Waals surface area contributed by atoms with Gasteiger partial charge < -0.3 is 15.1 Å². The van der Waals surface area contributed by atoms with E-state index in [0.717, 1.165) is 0 Å². The number of nitrogens with one attached hydrogen (secondary N) is 1. The number of sulfonamides is 1. The van der Waals surface area contributed by atoms with Crippen LogP contribution in [0.5, 0.6) is 0 Å². The summed E-state index contributed by atoms with van der Waals surface area (Å²) in [6.45, 7) is 3.86. The van der Waals surface area contributed by atoms with Gasteiger partial charge in [0.2, 0.25) is 15.9 Å². The molecule has 2 bridgehead atoms. The van der Waals surface area contributed by atoms with Crippen LogP contribution in [0.25, 0.3) is 0 Å². The fourth-order valence-corrected chi connectivity index (χ4v) is 6.75. The molecule has 0 saturated carbocycles. The Balaban J connectivity index is 1.38. The molecule has 3 amide bonds. The lowest BCUT2D eigenvalue weighted by atomic mass is 10.1. The Hall–Kier alpha value is -3.13. The van der Waals surface area contributed by atoms with Crippen LogP contribution in [0, 0.1) is 17.5 Å². The van der Waals surface area contributed by atoms with Gasteiger partial charge in [-0.05, 0) is 26.7 Å². The summed E-state index contributed by atoms with van der Waals surface area (Å²) in [6.07, 6.45) is 2.56. The van der Waals surface area contributed by atoms with Gasteiger partial charge >= 0.3 is 6.03 Å². The van der Waals surface area contributed by atoms with Crippen LogP contribution in [-0.4, -0.2) is 69.8 Å². The van der Waals surface area contributed by atoms with Gasteiger partial charge in [0.25, 0.3) is 0 Å². The SMILES string of the molecule is CCS(=O)(=O)N1C2CCC1C(=O)N(c1cnn3c1CN(C(=O)Nc1cc(F)c(F)c(F)c1)[C@@H](C)C3)C2. The van der Waals surface area contributed by atoms with Gasteiger partial charge in [0.05, 0.1) is 42.5 Å². The first-order valence-electron chi connectivity index (χ1n) is 11.6. The number of fused-ring (bicyclic) bond motifs is 3. The van der Waals surface area contributed by atoms with Gasteiger partial charge in [0, 0.05) is 30.4 Å². The molecular weight excluding hydrogens is 501 g/mol. The van der Waals surface area contributed by atoms with Crippen molar-refractivity contribution in [3.8, 4) is 0 Å². The molecule has 3 aliphatic heterocycles. The Morgan fingerprint density at radius 3 is 2.53 bits per heavy atom. The normalized spacial score (nSPS) is 24.2. The van der Waals surface area contributed by atoms with Crippen LogP contribution >= 0.6 is 0 Å². The first-order valence-corrected chi connectivity index (χ1v) is 13.2. The number of halogens is 3. The first-order chi connectivity index (χ1) is 17.0. The van der Waals surface area contributed by atoms with E-state index in [2.05, 4.69) is 10.4 Å². The van der Waals surface area contributed by atoms with Gasteiger partial charge in [-0.3, -0.25) is 9.48 Å². The Morgan fingerprint density at radius 1 is 1.17 bits per heavy atom. The quantitative estimate of drug-likeness (QED) is 0.615.